The summed E-state index contributed by atoms with van der Waals surface area (Å²) in [5.74, 6) is 1.51. The summed E-state index contributed by atoms with van der Waals surface area (Å²) in [4.78, 5) is 12.2. The lowest BCUT2D eigenvalue weighted by Gasteiger charge is -2.10. The van der Waals surface area contributed by atoms with Gasteiger partial charge in [-0.3, -0.25) is 0 Å². The highest BCUT2D eigenvalue weighted by molar-refractivity contribution is 6.31. The second-order valence-electron chi connectivity index (χ2n) is 6.80. The van der Waals surface area contributed by atoms with Crippen LogP contribution in [0.1, 0.15) is 11.3 Å². The molecule has 0 aliphatic rings. The number of carbonyl (C=O) groups excluding carboxylic acids is 1. The van der Waals surface area contributed by atoms with Crippen LogP contribution in [0.25, 0.3) is 5.82 Å². The molecule has 4 aromatic rings. The molecule has 0 spiro atoms. The SMILES string of the molecule is Cc1ccn(-c2ccc(Oc3ccc(NC(=O)Nc4ccc(C)c(Cl)c4)cc3)nn2)n1. The van der Waals surface area contributed by atoms with E-state index in [-0.39, 0.29) is 6.03 Å². The lowest BCUT2D eigenvalue weighted by Crippen LogP contribution is -2.19. The minimum absolute atomic E-state index is 0.349. The summed E-state index contributed by atoms with van der Waals surface area (Å²) >= 11 is 6.08. The molecule has 2 aromatic carbocycles. The van der Waals surface area contributed by atoms with Gasteiger partial charge in [0.1, 0.15) is 5.75 Å². The van der Waals surface area contributed by atoms with Gasteiger partial charge in [0.2, 0.25) is 5.88 Å². The fraction of sp³-hybridized carbons (Fsp3) is 0.0909. The maximum absolute atomic E-state index is 12.2. The van der Waals surface area contributed by atoms with Gasteiger partial charge in [0.25, 0.3) is 0 Å². The lowest BCUT2D eigenvalue weighted by molar-refractivity contribution is 0.262. The van der Waals surface area contributed by atoms with E-state index in [2.05, 4.69) is 25.9 Å². The molecule has 0 aliphatic carbocycles. The van der Waals surface area contributed by atoms with E-state index in [0.29, 0.717) is 33.8 Å². The van der Waals surface area contributed by atoms with Crippen LogP contribution in [-0.4, -0.2) is 26.0 Å². The van der Waals surface area contributed by atoms with Crippen molar-refractivity contribution >= 4 is 29.0 Å². The van der Waals surface area contributed by atoms with E-state index < -0.39 is 0 Å². The van der Waals surface area contributed by atoms with E-state index in [4.69, 9.17) is 16.3 Å². The second kappa shape index (κ2) is 8.85. The normalized spacial score (nSPS) is 10.5. The van der Waals surface area contributed by atoms with Crippen molar-refractivity contribution in [2.24, 2.45) is 0 Å². The van der Waals surface area contributed by atoms with Crippen LogP contribution in [0.15, 0.2) is 66.9 Å². The number of nitrogens with one attached hydrogen (secondary N) is 2. The third-order valence-electron chi connectivity index (χ3n) is 4.35. The van der Waals surface area contributed by atoms with Gasteiger partial charge in [0.15, 0.2) is 5.82 Å². The number of carbonyl (C=O) groups is 1. The van der Waals surface area contributed by atoms with Crippen molar-refractivity contribution in [3.05, 3.63) is 83.1 Å². The number of aromatic nitrogens is 4. The quantitative estimate of drug-likeness (QED) is 0.440. The molecule has 2 aromatic heterocycles. The molecule has 2 heterocycles. The first-order valence-corrected chi connectivity index (χ1v) is 9.82. The molecule has 156 valence electrons. The number of hydrogen-bond donors (Lipinski definition) is 2. The predicted octanol–water partition coefficient (Wildman–Crippen LogP) is 5.37. The van der Waals surface area contributed by atoms with Gasteiger partial charge < -0.3 is 15.4 Å². The number of urea groups is 1. The molecule has 0 bridgehead atoms. The summed E-state index contributed by atoms with van der Waals surface area (Å²) in [6.45, 7) is 3.80. The summed E-state index contributed by atoms with van der Waals surface area (Å²) in [5.41, 5.74) is 3.06. The van der Waals surface area contributed by atoms with Crippen LogP contribution in [0.5, 0.6) is 11.6 Å². The van der Waals surface area contributed by atoms with Crippen LogP contribution in [-0.2, 0) is 0 Å². The Morgan fingerprint density at radius 3 is 2.32 bits per heavy atom. The van der Waals surface area contributed by atoms with Gasteiger partial charge >= 0.3 is 6.03 Å². The number of amides is 2. The Bertz CT molecular complexity index is 1210. The monoisotopic (exact) mass is 434 g/mol. The van der Waals surface area contributed by atoms with Crippen molar-refractivity contribution < 1.29 is 9.53 Å². The van der Waals surface area contributed by atoms with E-state index in [1.54, 1.807) is 53.2 Å². The number of rotatable bonds is 5. The molecular weight excluding hydrogens is 416 g/mol. The summed E-state index contributed by atoms with van der Waals surface area (Å²) in [5, 5.41) is 18.6. The second-order valence-corrected chi connectivity index (χ2v) is 7.21. The molecule has 0 radical (unpaired) electrons. The van der Waals surface area contributed by atoms with Crippen molar-refractivity contribution in [2.45, 2.75) is 13.8 Å². The topological polar surface area (TPSA) is 94.0 Å². The van der Waals surface area contributed by atoms with Crippen LogP contribution >= 0.6 is 11.6 Å². The highest BCUT2D eigenvalue weighted by atomic mass is 35.5. The number of nitrogens with zero attached hydrogens (tertiary/aromatic N) is 4. The lowest BCUT2D eigenvalue weighted by atomic mass is 10.2. The minimum Gasteiger partial charge on any atom is -0.438 e. The summed E-state index contributed by atoms with van der Waals surface area (Å²) < 4.78 is 7.35. The highest BCUT2D eigenvalue weighted by Crippen LogP contribution is 2.23. The number of ether oxygens (including phenoxy) is 1. The van der Waals surface area contributed by atoms with Crippen LogP contribution < -0.4 is 15.4 Å². The van der Waals surface area contributed by atoms with Crippen molar-refractivity contribution in [3.8, 4) is 17.4 Å². The average molecular weight is 435 g/mol. The Labute approximate surface area is 183 Å². The smallest absolute Gasteiger partial charge is 0.323 e. The zero-order valence-electron chi connectivity index (χ0n) is 16.8. The van der Waals surface area contributed by atoms with Gasteiger partial charge in [0.05, 0.1) is 5.69 Å². The molecule has 0 fully saturated rings. The Morgan fingerprint density at radius 1 is 0.935 bits per heavy atom. The Morgan fingerprint density at radius 2 is 1.68 bits per heavy atom. The Kier molecular flexibility index (Phi) is 5.81. The maximum Gasteiger partial charge on any atom is 0.323 e. The predicted molar refractivity (Wildman–Crippen MR) is 119 cm³/mol. The summed E-state index contributed by atoms with van der Waals surface area (Å²) in [6.07, 6.45) is 1.81. The molecule has 0 saturated carbocycles. The first kappa shape index (κ1) is 20.4. The van der Waals surface area contributed by atoms with Gasteiger partial charge in [-0.1, -0.05) is 17.7 Å². The first-order chi connectivity index (χ1) is 15.0. The third kappa shape index (κ3) is 5.18. The van der Waals surface area contributed by atoms with Gasteiger partial charge in [-0.25, -0.2) is 9.48 Å². The molecule has 0 atom stereocenters. The number of hydrogen-bond acceptors (Lipinski definition) is 5. The van der Waals surface area contributed by atoms with E-state index in [1.165, 1.54) is 0 Å². The maximum atomic E-state index is 12.2. The zero-order valence-corrected chi connectivity index (χ0v) is 17.6. The van der Waals surface area contributed by atoms with Gasteiger partial charge in [0, 0.05) is 28.7 Å². The molecule has 8 nitrogen and oxygen atoms in total. The fourth-order valence-electron chi connectivity index (χ4n) is 2.72. The van der Waals surface area contributed by atoms with Crippen LogP contribution in [0.3, 0.4) is 0 Å². The standard InChI is InChI=1S/C22H19ClN6O2/c1-14-3-4-17(13-19(14)23)25-22(30)24-16-5-7-18(8-6-16)31-21-10-9-20(26-27-21)29-12-11-15(2)28-29/h3-13H,1-2H3,(H2,24,25,30). The molecule has 4 rings (SSSR count). The Balaban J connectivity index is 1.34. The molecule has 2 N–H and O–H groups in total. The number of aryl methyl sites for hydroxylation is 2. The molecule has 9 heteroatoms. The molecule has 0 aliphatic heterocycles. The number of anilines is 2. The molecular formula is C22H19ClN6O2. The summed E-state index contributed by atoms with van der Waals surface area (Å²) in [7, 11) is 0. The summed E-state index contributed by atoms with van der Waals surface area (Å²) in [6, 6.07) is 17.2. The van der Waals surface area contributed by atoms with Crippen LogP contribution in [0, 0.1) is 13.8 Å². The first-order valence-electron chi connectivity index (χ1n) is 9.45. The van der Waals surface area contributed by atoms with Crippen molar-refractivity contribution in [1.82, 2.24) is 20.0 Å². The van der Waals surface area contributed by atoms with E-state index in [9.17, 15) is 4.79 Å². The number of halogens is 1. The molecule has 0 saturated heterocycles. The van der Waals surface area contributed by atoms with Crippen molar-refractivity contribution in [3.63, 3.8) is 0 Å². The van der Waals surface area contributed by atoms with Crippen LogP contribution in [0.2, 0.25) is 5.02 Å². The molecule has 0 unspecified atom stereocenters. The van der Waals surface area contributed by atoms with Gasteiger partial charge in [-0.05, 0) is 67.9 Å². The zero-order chi connectivity index (χ0) is 21.8. The third-order valence-corrected chi connectivity index (χ3v) is 4.75. The average Bonchev–Trinajstić information content (AvgIpc) is 3.19. The van der Waals surface area contributed by atoms with Gasteiger partial charge in [-0.15, -0.1) is 10.2 Å². The largest absolute Gasteiger partial charge is 0.438 e. The number of benzene rings is 2. The van der Waals surface area contributed by atoms with Crippen molar-refractivity contribution in [1.29, 1.82) is 0 Å². The van der Waals surface area contributed by atoms with Crippen molar-refractivity contribution in [2.75, 3.05) is 10.6 Å². The van der Waals surface area contributed by atoms with E-state index in [1.807, 2.05) is 32.2 Å². The molecule has 31 heavy (non-hydrogen) atoms. The van der Waals surface area contributed by atoms with Gasteiger partial charge in [-0.2, -0.15) is 5.10 Å². The molecule has 2 amide bonds. The fourth-order valence-corrected chi connectivity index (χ4v) is 2.90. The highest BCUT2D eigenvalue weighted by Gasteiger charge is 2.06. The minimum atomic E-state index is -0.371. The van der Waals surface area contributed by atoms with E-state index in [0.717, 1.165) is 11.3 Å². The Hall–Kier alpha value is -3.91. The van der Waals surface area contributed by atoms with E-state index >= 15 is 0 Å². The van der Waals surface area contributed by atoms with Crippen LogP contribution in [0.4, 0.5) is 16.2 Å².